The van der Waals surface area contributed by atoms with Crippen LogP contribution >= 0.6 is 0 Å². The lowest BCUT2D eigenvalue weighted by Gasteiger charge is -2.05. The quantitative estimate of drug-likeness (QED) is 0.759. The molecule has 1 aromatic rings. The van der Waals surface area contributed by atoms with Crippen molar-refractivity contribution in [3.63, 3.8) is 0 Å². The molecule has 0 spiro atoms. The molecule has 0 aliphatic rings. The highest BCUT2D eigenvalue weighted by Gasteiger charge is 2.04. The van der Waals surface area contributed by atoms with Crippen molar-refractivity contribution in [1.82, 2.24) is 9.97 Å². The number of nitrogens with zero attached hydrogens (tertiary/aromatic N) is 1. The molecule has 4 heteroatoms. The predicted octanol–water partition coefficient (Wildman–Crippen LogP) is 1.04. The highest BCUT2D eigenvalue weighted by Crippen LogP contribution is 2.08. The van der Waals surface area contributed by atoms with E-state index in [-0.39, 0.29) is 11.5 Å². The second kappa shape index (κ2) is 4.18. The Morgan fingerprint density at radius 3 is 2.85 bits per heavy atom. The molecule has 4 nitrogen and oxygen atoms in total. The summed E-state index contributed by atoms with van der Waals surface area (Å²) in [4.78, 5) is 18.0. The molecule has 13 heavy (non-hydrogen) atoms. The van der Waals surface area contributed by atoms with Gasteiger partial charge in [-0.05, 0) is 5.92 Å². The van der Waals surface area contributed by atoms with E-state index in [0.29, 0.717) is 12.4 Å². The second-order valence-electron chi connectivity index (χ2n) is 3.20. The van der Waals surface area contributed by atoms with Crippen LogP contribution in [0.2, 0.25) is 0 Å². The zero-order chi connectivity index (χ0) is 9.84. The Balaban J connectivity index is 3.04. The molecule has 0 aromatic carbocycles. The van der Waals surface area contributed by atoms with Gasteiger partial charge in [-0.2, -0.15) is 0 Å². The molecular weight excluding hydrogens is 168 g/mol. The van der Waals surface area contributed by atoms with Gasteiger partial charge in [0.2, 0.25) is 0 Å². The summed E-state index contributed by atoms with van der Waals surface area (Å²) in [7, 11) is 1.57. The Hall–Kier alpha value is -1.16. The summed E-state index contributed by atoms with van der Waals surface area (Å²) in [6, 6.07) is 1.52. The molecule has 0 radical (unpaired) electrons. The van der Waals surface area contributed by atoms with Crippen molar-refractivity contribution in [2.75, 3.05) is 7.11 Å². The van der Waals surface area contributed by atoms with E-state index in [9.17, 15) is 4.79 Å². The van der Waals surface area contributed by atoms with E-state index in [1.54, 1.807) is 7.11 Å². The van der Waals surface area contributed by atoms with E-state index >= 15 is 0 Å². The molecule has 0 saturated heterocycles. The van der Waals surface area contributed by atoms with Crippen LogP contribution in [0.15, 0.2) is 10.9 Å². The van der Waals surface area contributed by atoms with E-state index in [2.05, 4.69) is 9.97 Å². The summed E-state index contributed by atoms with van der Waals surface area (Å²) in [6.07, 6.45) is 0. The van der Waals surface area contributed by atoms with E-state index in [0.717, 1.165) is 5.69 Å². The highest BCUT2D eigenvalue weighted by molar-refractivity contribution is 5.06. The van der Waals surface area contributed by atoms with Gasteiger partial charge in [-0.25, -0.2) is 4.98 Å². The average Bonchev–Trinajstić information content (AvgIpc) is 2.03. The molecule has 0 atom stereocenters. The SMILES string of the molecule is COCc1nc(C(C)C)cc(=O)[nH]1. The molecule has 1 heterocycles. The van der Waals surface area contributed by atoms with Crippen molar-refractivity contribution in [2.45, 2.75) is 26.4 Å². The minimum absolute atomic E-state index is 0.120. The second-order valence-corrected chi connectivity index (χ2v) is 3.20. The van der Waals surface area contributed by atoms with Gasteiger partial charge in [-0.15, -0.1) is 0 Å². The highest BCUT2D eigenvalue weighted by atomic mass is 16.5. The third kappa shape index (κ3) is 2.66. The number of aromatic amines is 1. The minimum atomic E-state index is -0.120. The molecule has 0 unspecified atom stereocenters. The Kier molecular flexibility index (Phi) is 3.19. The normalized spacial score (nSPS) is 10.8. The number of H-pyrrole nitrogens is 1. The summed E-state index contributed by atoms with van der Waals surface area (Å²) in [5, 5.41) is 0. The van der Waals surface area contributed by atoms with Gasteiger partial charge >= 0.3 is 0 Å². The minimum Gasteiger partial charge on any atom is -0.377 e. The molecule has 0 aliphatic heterocycles. The van der Waals surface area contributed by atoms with Crippen molar-refractivity contribution in [3.8, 4) is 0 Å². The zero-order valence-corrected chi connectivity index (χ0v) is 8.13. The zero-order valence-electron chi connectivity index (χ0n) is 8.13. The van der Waals surface area contributed by atoms with E-state index < -0.39 is 0 Å². The maximum atomic E-state index is 11.1. The topological polar surface area (TPSA) is 55.0 Å². The van der Waals surface area contributed by atoms with Crippen molar-refractivity contribution >= 4 is 0 Å². The first-order valence-electron chi connectivity index (χ1n) is 4.22. The lowest BCUT2D eigenvalue weighted by molar-refractivity contribution is 0.177. The lowest BCUT2D eigenvalue weighted by atomic mass is 10.1. The van der Waals surface area contributed by atoms with Crippen LogP contribution in [0.5, 0.6) is 0 Å². The van der Waals surface area contributed by atoms with Gasteiger partial charge < -0.3 is 9.72 Å². The van der Waals surface area contributed by atoms with E-state index in [4.69, 9.17) is 4.74 Å². The Labute approximate surface area is 77.0 Å². The van der Waals surface area contributed by atoms with Crippen molar-refractivity contribution in [1.29, 1.82) is 0 Å². The number of nitrogens with one attached hydrogen (secondary N) is 1. The first-order chi connectivity index (χ1) is 6.13. The first-order valence-corrected chi connectivity index (χ1v) is 4.22. The van der Waals surface area contributed by atoms with Crippen molar-refractivity contribution < 1.29 is 4.74 Å². The van der Waals surface area contributed by atoms with Crippen LogP contribution in [0.1, 0.15) is 31.3 Å². The maximum absolute atomic E-state index is 11.1. The van der Waals surface area contributed by atoms with Gasteiger partial charge in [0.25, 0.3) is 5.56 Å². The summed E-state index contributed by atoms with van der Waals surface area (Å²) in [5.41, 5.74) is 0.682. The summed E-state index contributed by atoms with van der Waals surface area (Å²) >= 11 is 0. The number of methoxy groups -OCH3 is 1. The molecular formula is C9H14N2O2. The number of rotatable bonds is 3. The number of ether oxygens (including phenoxy) is 1. The Bertz CT molecular complexity index is 331. The third-order valence-electron chi connectivity index (χ3n) is 1.68. The van der Waals surface area contributed by atoms with Gasteiger partial charge in [0, 0.05) is 13.2 Å². The monoisotopic (exact) mass is 182 g/mol. The van der Waals surface area contributed by atoms with Crippen molar-refractivity contribution in [3.05, 3.63) is 27.9 Å². The standard InChI is InChI=1S/C9H14N2O2/c1-6(2)7-4-9(12)11-8(10-7)5-13-3/h4,6H,5H2,1-3H3,(H,10,11,12). The molecule has 0 amide bonds. The summed E-state index contributed by atoms with van der Waals surface area (Å²) in [6.45, 7) is 4.34. The predicted molar refractivity (Wildman–Crippen MR) is 49.7 cm³/mol. The third-order valence-corrected chi connectivity index (χ3v) is 1.68. The summed E-state index contributed by atoms with van der Waals surface area (Å²) < 4.78 is 4.88. The molecule has 1 N–H and O–H groups in total. The fourth-order valence-corrected chi connectivity index (χ4v) is 1.03. The molecule has 0 saturated carbocycles. The number of hydrogen-bond acceptors (Lipinski definition) is 3. The van der Waals surface area contributed by atoms with E-state index in [1.165, 1.54) is 6.07 Å². The summed E-state index contributed by atoms with van der Waals surface area (Å²) in [5.74, 6) is 0.844. The van der Waals surface area contributed by atoms with Gasteiger partial charge in [0.1, 0.15) is 12.4 Å². The van der Waals surface area contributed by atoms with Crippen LogP contribution in [0, 0.1) is 0 Å². The van der Waals surface area contributed by atoms with Gasteiger partial charge in [0.15, 0.2) is 0 Å². The smallest absolute Gasteiger partial charge is 0.251 e. The van der Waals surface area contributed by atoms with E-state index in [1.807, 2.05) is 13.8 Å². The fraction of sp³-hybridized carbons (Fsp3) is 0.556. The van der Waals surface area contributed by atoms with Crippen molar-refractivity contribution in [2.24, 2.45) is 0 Å². The molecule has 72 valence electrons. The van der Waals surface area contributed by atoms with Crippen LogP contribution in [-0.2, 0) is 11.3 Å². The van der Waals surface area contributed by atoms with Crippen LogP contribution < -0.4 is 5.56 Å². The largest absolute Gasteiger partial charge is 0.377 e. The Morgan fingerprint density at radius 2 is 2.31 bits per heavy atom. The van der Waals surface area contributed by atoms with Gasteiger partial charge in [-0.1, -0.05) is 13.8 Å². The van der Waals surface area contributed by atoms with Crippen LogP contribution in [0.4, 0.5) is 0 Å². The molecule has 1 rings (SSSR count). The van der Waals surface area contributed by atoms with Gasteiger partial charge in [-0.3, -0.25) is 4.79 Å². The Morgan fingerprint density at radius 1 is 1.62 bits per heavy atom. The molecule has 0 aliphatic carbocycles. The molecule has 0 fully saturated rings. The average molecular weight is 182 g/mol. The first kappa shape index (κ1) is 9.92. The molecule has 0 bridgehead atoms. The van der Waals surface area contributed by atoms with Crippen LogP contribution in [0.3, 0.4) is 0 Å². The number of hydrogen-bond donors (Lipinski definition) is 1. The van der Waals surface area contributed by atoms with Crippen LogP contribution in [-0.4, -0.2) is 17.1 Å². The van der Waals surface area contributed by atoms with Crippen LogP contribution in [0.25, 0.3) is 0 Å². The number of aromatic nitrogens is 2. The lowest BCUT2D eigenvalue weighted by Crippen LogP contribution is -2.13. The molecule has 1 aromatic heterocycles. The maximum Gasteiger partial charge on any atom is 0.251 e. The van der Waals surface area contributed by atoms with Gasteiger partial charge in [0.05, 0.1) is 5.69 Å². The fourth-order valence-electron chi connectivity index (χ4n) is 1.03.